The fraction of sp³-hybridized carbons (Fsp3) is 0.200. The minimum absolute atomic E-state index is 0.139. The first-order chi connectivity index (χ1) is 14.9. The number of fused-ring (bicyclic) bond motifs is 1. The normalized spacial score (nSPS) is 15.5. The van der Waals surface area contributed by atoms with Gasteiger partial charge < -0.3 is 14.4 Å². The zero-order chi connectivity index (χ0) is 21.7. The number of furan rings is 1. The van der Waals surface area contributed by atoms with Crippen LogP contribution in [0.3, 0.4) is 0 Å². The molecule has 2 aromatic heterocycles. The van der Waals surface area contributed by atoms with Crippen LogP contribution in [0.1, 0.15) is 50.1 Å². The fourth-order valence-corrected chi connectivity index (χ4v) is 4.37. The maximum absolute atomic E-state index is 13.4. The number of phenolic OH excluding ortho intramolecular Hbond substituents is 1. The van der Waals surface area contributed by atoms with E-state index in [1.54, 1.807) is 11.2 Å². The van der Waals surface area contributed by atoms with Gasteiger partial charge in [0.1, 0.15) is 22.9 Å². The molecule has 2 aromatic carbocycles. The van der Waals surface area contributed by atoms with Gasteiger partial charge in [-0.25, -0.2) is 0 Å². The highest BCUT2D eigenvalue weighted by molar-refractivity contribution is 6.00. The Kier molecular flexibility index (Phi) is 4.43. The van der Waals surface area contributed by atoms with Crippen LogP contribution in [-0.2, 0) is 6.54 Å². The molecule has 3 heterocycles. The highest BCUT2D eigenvalue weighted by Gasteiger charge is 2.42. The SMILES string of the molecule is Cc1ccc(C2c3c(-c4cc(C)cc(C)c4O)n[nH]c3C(=O)N2Cc2ccco2)cc1. The summed E-state index contributed by atoms with van der Waals surface area (Å²) in [6.45, 7) is 6.22. The molecule has 31 heavy (non-hydrogen) atoms. The summed E-state index contributed by atoms with van der Waals surface area (Å²) >= 11 is 0. The molecular weight excluding hydrogens is 390 g/mol. The first-order valence-corrected chi connectivity index (χ1v) is 10.2. The van der Waals surface area contributed by atoms with Gasteiger partial charge >= 0.3 is 0 Å². The van der Waals surface area contributed by atoms with E-state index in [2.05, 4.69) is 10.2 Å². The van der Waals surface area contributed by atoms with E-state index in [0.717, 1.165) is 27.8 Å². The number of aryl methyl sites for hydroxylation is 3. The molecule has 0 bridgehead atoms. The van der Waals surface area contributed by atoms with Gasteiger partial charge in [-0.2, -0.15) is 5.10 Å². The van der Waals surface area contributed by atoms with E-state index in [-0.39, 0.29) is 17.7 Å². The summed E-state index contributed by atoms with van der Waals surface area (Å²) in [5, 5.41) is 18.2. The largest absolute Gasteiger partial charge is 0.507 e. The van der Waals surface area contributed by atoms with Crippen LogP contribution in [0, 0.1) is 20.8 Å². The van der Waals surface area contributed by atoms with Crippen LogP contribution in [0.4, 0.5) is 0 Å². The Morgan fingerprint density at radius 1 is 1.10 bits per heavy atom. The van der Waals surface area contributed by atoms with Gasteiger partial charge in [-0.1, -0.05) is 35.9 Å². The second-order valence-corrected chi connectivity index (χ2v) is 8.16. The molecule has 5 rings (SSSR count). The van der Waals surface area contributed by atoms with Crippen molar-refractivity contribution in [2.45, 2.75) is 33.4 Å². The minimum atomic E-state index is -0.345. The van der Waals surface area contributed by atoms with E-state index >= 15 is 0 Å². The number of carbonyl (C=O) groups excluding carboxylic acids is 1. The Morgan fingerprint density at radius 2 is 1.87 bits per heavy atom. The smallest absolute Gasteiger partial charge is 0.273 e. The number of amides is 1. The standard InChI is InChI=1S/C25H23N3O3/c1-14-6-8-17(9-7-14)23-20-21(19-12-15(2)11-16(3)24(19)29)26-27-22(20)25(30)28(23)13-18-5-4-10-31-18/h4-12,23,29H,13H2,1-3H3,(H,26,27). The number of benzene rings is 2. The number of rotatable bonds is 4. The fourth-order valence-electron chi connectivity index (χ4n) is 4.37. The maximum Gasteiger partial charge on any atom is 0.273 e. The van der Waals surface area contributed by atoms with Crippen LogP contribution < -0.4 is 0 Å². The first kappa shape index (κ1) is 19.2. The van der Waals surface area contributed by atoms with E-state index in [4.69, 9.17) is 4.42 Å². The van der Waals surface area contributed by atoms with Gasteiger partial charge in [0.2, 0.25) is 0 Å². The van der Waals surface area contributed by atoms with Crippen LogP contribution in [0.2, 0.25) is 0 Å². The second-order valence-electron chi connectivity index (χ2n) is 8.16. The lowest BCUT2D eigenvalue weighted by molar-refractivity contribution is 0.0717. The van der Waals surface area contributed by atoms with Gasteiger partial charge in [0, 0.05) is 11.1 Å². The lowest BCUT2D eigenvalue weighted by Gasteiger charge is -2.26. The topological polar surface area (TPSA) is 82.4 Å². The highest BCUT2D eigenvalue weighted by Crippen LogP contribution is 2.45. The second kappa shape index (κ2) is 7.16. The third-order valence-electron chi connectivity index (χ3n) is 5.86. The maximum atomic E-state index is 13.4. The van der Waals surface area contributed by atoms with Crippen LogP contribution in [-0.4, -0.2) is 26.1 Å². The van der Waals surface area contributed by atoms with E-state index in [1.165, 1.54) is 0 Å². The zero-order valence-corrected chi connectivity index (χ0v) is 17.6. The number of nitrogens with one attached hydrogen (secondary N) is 1. The summed E-state index contributed by atoms with van der Waals surface area (Å²) in [5.74, 6) is 0.749. The number of carbonyl (C=O) groups is 1. The number of nitrogens with zero attached hydrogens (tertiary/aromatic N) is 2. The van der Waals surface area contributed by atoms with Crippen LogP contribution in [0.15, 0.2) is 59.2 Å². The van der Waals surface area contributed by atoms with Gasteiger partial charge in [-0.3, -0.25) is 9.89 Å². The minimum Gasteiger partial charge on any atom is -0.507 e. The Balaban J connectivity index is 1.70. The summed E-state index contributed by atoms with van der Waals surface area (Å²) in [5.41, 5.74) is 6.37. The molecule has 4 aromatic rings. The lowest BCUT2D eigenvalue weighted by Crippen LogP contribution is -2.29. The molecule has 6 nitrogen and oxygen atoms in total. The number of hydrogen-bond donors (Lipinski definition) is 2. The number of aromatic nitrogens is 2. The van der Waals surface area contributed by atoms with Crippen molar-refractivity contribution in [3.63, 3.8) is 0 Å². The molecule has 0 aliphatic carbocycles. The number of aromatic hydroxyl groups is 1. The first-order valence-electron chi connectivity index (χ1n) is 10.2. The number of phenols is 1. The quantitative estimate of drug-likeness (QED) is 0.491. The summed E-state index contributed by atoms with van der Waals surface area (Å²) in [7, 11) is 0. The van der Waals surface area contributed by atoms with E-state index in [0.29, 0.717) is 29.3 Å². The average molecular weight is 413 g/mol. The van der Waals surface area contributed by atoms with E-state index in [9.17, 15) is 9.90 Å². The third-order valence-corrected chi connectivity index (χ3v) is 5.86. The molecule has 1 aliphatic heterocycles. The van der Waals surface area contributed by atoms with Crippen molar-refractivity contribution in [1.29, 1.82) is 0 Å². The molecule has 1 aliphatic rings. The summed E-state index contributed by atoms with van der Waals surface area (Å²) in [6, 6.07) is 15.3. The third kappa shape index (κ3) is 3.11. The van der Waals surface area contributed by atoms with Crippen molar-refractivity contribution >= 4 is 5.91 Å². The number of H-pyrrole nitrogens is 1. The van der Waals surface area contributed by atoms with Crippen molar-refractivity contribution in [3.05, 3.63) is 94.1 Å². The van der Waals surface area contributed by atoms with Crippen LogP contribution >= 0.6 is 0 Å². The average Bonchev–Trinajstić information content (AvgIpc) is 3.46. The van der Waals surface area contributed by atoms with Gasteiger partial charge in [0.25, 0.3) is 5.91 Å². The zero-order valence-electron chi connectivity index (χ0n) is 17.6. The monoisotopic (exact) mass is 413 g/mol. The molecule has 2 N–H and O–H groups in total. The number of aromatic amines is 1. The van der Waals surface area contributed by atoms with Gasteiger partial charge in [0.15, 0.2) is 0 Å². The summed E-state index contributed by atoms with van der Waals surface area (Å²) < 4.78 is 5.53. The van der Waals surface area contributed by atoms with E-state index in [1.807, 2.05) is 69.3 Å². The Bertz CT molecular complexity index is 1270. The molecule has 1 unspecified atom stereocenters. The Hall–Kier alpha value is -3.80. The molecule has 6 heteroatoms. The molecule has 0 saturated carbocycles. The Morgan fingerprint density at radius 3 is 2.58 bits per heavy atom. The predicted octanol–water partition coefficient (Wildman–Crippen LogP) is 5.05. The van der Waals surface area contributed by atoms with Crippen molar-refractivity contribution in [2.75, 3.05) is 0 Å². The number of hydrogen-bond acceptors (Lipinski definition) is 4. The molecule has 1 amide bonds. The molecule has 0 radical (unpaired) electrons. The molecular formula is C25H23N3O3. The summed E-state index contributed by atoms with van der Waals surface area (Å²) in [4.78, 5) is 15.2. The highest BCUT2D eigenvalue weighted by atomic mass is 16.3. The molecule has 0 spiro atoms. The van der Waals surface area contributed by atoms with Crippen LogP contribution in [0.25, 0.3) is 11.3 Å². The Labute approximate surface area is 180 Å². The lowest BCUT2D eigenvalue weighted by atomic mass is 9.93. The summed E-state index contributed by atoms with van der Waals surface area (Å²) in [6.07, 6.45) is 1.61. The predicted molar refractivity (Wildman–Crippen MR) is 117 cm³/mol. The van der Waals surface area contributed by atoms with Gasteiger partial charge in [0.05, 0.1) is 18.8 Å². The molecule has 156 valence electrons. The van der Waals surface area contributed by atoms with Crippen molar-refractivity contribution in [3.8, 4) is 17.0 Å². The van der Waals surface area contributed by atoms with Crippen LogP contribution in [0.5, 0.6) is 5.75 Å². The van der Waals surface area contributed by atoms with E-state index < -0.39 is 0 Å². The van der Waals surface area contributed by atoms with Crippen molar-refractivity contribution < 1.29 is 14.3 Å². The van der Waals surface area contributed by atoms with Gasteiger partial charge in [-0.15, -0.1) is 0 Å². The van der Waals surface area contributed by atoms with Crippen molar-refractivity contribution in [1.82, 2.24) is 15.1 Å². The van der Waals surface area contributed by atoms with Gasteiger partial charge in [-0.05, 0) is 55.7 Å². The molecule has 0 fully saturated rings. The molecule has 1 atom stereocenters. The molecule has 0 saturated heterocycles. The van der Waals surface area contributed by atoms with Crippen molar-refractivity contribution in [2.24, 2.45) is 0 Å².